The predicted molar refractivity (Wildman–Crippen MR) is 47.3 cm³/mol. The molecule has 0 saturated heterocycles. The third-order valence-corrected chi connectivity index (χ3v) is 1.41. The van der Waals surface area contributed by atoms with Crippen LogP contribution in [-0.4, -0.2) is 4.84 Å². The van der Waals surface area contributed by atoms with Gasteiger partial charge in [0, 0.05) is 12.3 Å². The zero-order valence-electron chi connectivity index (χ0n) is 6.32. The minimum Gasteiger partial charge on any atom is -0.105 e. The van der Waals surface area contributed by atoms with Crippen LogP contribution in [0.25, 0.3) is 0 Å². The zero-order valence-corrected chi connectivity index (χ0v) is 7.84. The van der Waals surface area contributed by atoms with Crippen molar-refractivity contribution in [2.24, 2.45) is 5.92 Å². The minimum absolute atomic E-state index is 0.277. The van der Waals surface area contributed by atoms with Crippen LogP contribution in [0.1, 0.15) is 26.7 Å². The highest BCUT2D eigenvalue weighted by Gasteiger charge is 2.03. The lowest BCUT2D eigenvalue weighted by Crippen LogP contribution is -1.96. The molecule has 0 nitrogen and oxygen atoms in total. The summed E-state index contributed by atoms with van der Waals surface area (Å²) in [7, 11) is 0. The molecule has 2 heteroatoms. The van der Waals surface area contributed by atoms with Gasteiger partial charge in [-0.05, 0) is 6.42 Å². The average molecular weight is 179 g/mol. The average Bonchev–Trinajstić information content (AvgIpc) is 1.82. The highest BCUT2D eigenvalue weighted by molar-refractivity contribution is 6.44. The molecule has 0 aliphatic carbocycles. The quantitative estimate of drug-likeness (QED) is 0.451. The Labute approximate surface area is 72.9 Å². The molecule has 0 aromatic carbocycles. The van der Waals surface area contributed by atoms with Gasteiger partial charge in [0.2, 0.25) is 0 Å². The van der Waals surface area contributed by atoms with E-state index in [1.165, 1.54) is 0 Å². The van der Waals surface area contributed by atoms with Gasteiger partial charge in [0.1, 0.15) is 4.84 Å². The van der Waals surface area contributed by atoms with Gasteiger partial charge in [-0.25, -0.2) is 0 Å². The lowest BCUT2D eigenvalue weighted by atomic mass is 10.1. The van der Waals surface area contributed by atoms with Crippen molar-refractivity contribution in [2.45, 2.75) is 31.5 Å². The van der Waals surface area contributed by atoms with Crippen molar-refractivity contribution >= 4 is 23.2 Å². The maximum atomic E-state index is 5.55. The van der Waals surface area contributed by atoms with E-state index in [1.54, 1.807) is 0 Å². The second-order valence-corrected chi connectivity index (χ2v) is 3.48. The minimum atomic E-state index is -0.277. The molecule has 0 aliphatic heterocycles. The molecule has 0 heterocycles. The lowest BCUT2D eigenvalue weighted by molar-refractivity contribution is 0.706. The molecular formula is C8H12Cl2. The molecule has 0 rings (SSSR count). The molecule has 0 fully saturated rings. The van der Waals surface area contributed by atoms with E-state index in [-0.39, 0.29) is 4.84 Å². The SMILES string of the molecule is CCC#CC(C)CC(Cl)Cl. The van der Waals surface area contributed by atoms with Crippen molar-refractivity contribution < 1.29 is 0 Å². The van der Waals surface area contributed by atoms with Crippen molar-refractivity contribution in [3.8, 4) is 11.8 Å². The smallest absolute Gasteiger partial charge is 0.105 e. The number of halogens is 2. The lowest BCUT2D eigenvalue weighted by Gasteiger charge is -2.02. The molecule has 0 spiro atoms. The molecule has 0 N–H and O–H groups in total. The summed E-state index contributed by atoms with van der Waals surface area (Å²) in [6.07, 6.45) is 1.66. The Morgan fingerprint density at radius 2 is 2.00 bits per heavy atom. The van der Waals surface area contributed by atoms with Crippen LogP contribution >= 0.6 is 23.2 Å². The van der Waals surface area contributed by atoms with Crippen molar-refractivity contribution in [3.63, 3.8) is 0 Å². The molecule has 0 aliphatic rings. The van der Waals surface area contributed by atoms with E-state index in [0.717, 1.165) is 12.8 Å². The fourth-order valence-corrected chi connectivity index (χ4v) is 1.14. The van der Waals surface area contributed by atoms with E-state index in [1.807, 2.05) is 13.8 Å². The summed E-state index contributed by atoms with van der Waals surface area (Å²) >= 11 is 11.1. The Morgan fingerprint density at radius 3 is 2.40 bits per heavy atom. The summed E-state index contributed by atoms with van der Waals surface area (Å²) in [4.78, 5) is -0.277. The van der Waals surface area contributed by atoms with Gasteiger partial charge in [0.05, 0.1) is 0 Å². The normalized spacial score (nSPS) is 12.5. The fourth-order valence-electron chi connectivity index (χ4n) is 0.602. The standard InChI is InChI=1S/C8H12Cl2/c1-3-4-5-7(2)6-8(9)10/h7-8H,3,6H2,1-2H3. The van der Waals surface area contributed by atoms with Crippen molar-refractivity contribution in [3.05, 3.63) is 0 Å². The van der Waals surface area contributed by atoms with Gasteiger partial charge in [-0.2, -0.15) is 0 Å². The second kappa shape index (κ2) is 5.89. The molecule has 10 heavy (non-hydrogen) atoms. The van der Waals surface area contributed by atoms with E-state index in [4.69, 9.17) is 23.2 Å². The highest BCUT2D eigenvalue weighted by Crippen LogP contribution is 2.13. The number of hydrogen-bond acceptors (Lipinski definition) is 0. The molecular weight excluding hydrogens is 167 g/mol. The van der Waals surface area contributed by atoms with Crippen molar-refractivity contribution in [1.29, 1.82) is 0 Å². The van der Waals surface area contributed by atoms with Gasteiger partial charge >= 0.3 is 0 Å². The Kier molecular flexibility index (Phi) is 5.97. The van der Waals surface area contributed by atoms with Gasteiger partial charge in [-0.3, -0.25) is 0 Å². The van der Waals surface area contributed by atoms with Crippen LogP contribution in [-0.2, 0) is 0 Å². The fraction of sp³-hybridized carbons (Fsp3) is 0.750. The number of hydrogen-bond donors (Lipinski definition) is 0. The van der Waals surface area contributed by atoms with Gasteiger partial charge in [-0.1, -0.05) is 13.8 Å². The molecule has 0 bridgehead atoms. The summed E-state index contributed by atoms with van der Waals surface area (Å²) in [5, 5.41) is 0. The Balaban J connectivity index is 3.52. The van der Waals surface area contributed by atoms with E-state index >= 15 is 0 Å². The molecule has 0 amide bonds. The van der Waals surface area contributed by atoms with Crippen LogP contribution in [0.2, 0.25) is 0 Å². The first-order chi connectivity index (χ1) is 4.66. The third kappa shape index (κ3) is 6.26. The molecule has 0 saturated carbocycles. The Morgan fingerprint density at radius 1 is 1.40 bits per heavy atom. The van der Waals surface area contributed by atoms with Gasteiger partial charge in [0.25, 0.3) is 0 Å². The van der Waals surface area contributed by atoms with Crippen molar-refractivity contribution in [1.82, 2.24) is 0 Å². The molecule has 1 atom stereocenters. The van der Waals surface area contributed by atoms with E-state index in [2.05, 4.69) is 11.8 Å². The van der Waals surface area contributed by atoms with E-state index in [0.29, 0.717) is 5.92 Å². The summed E-state index contributed by atoms with van der Waals surface area (Å²) in [5.74, 6) is 6.35. The zero-order chi connectivity index (χ0) is 7.98. The molecule has 58 valence electrons. The maximum Gasteiger partial charge on any atom is 0.109 e. The Hall–Kier alpha value is 0.140. The van der Waals surface area contributed by atoms with Gasteiger partial charge in [-0.15, -0.1) is 35.0 Å². The summed E-state index contributed by atoms with van der Waals surface area (Å²) in [6.45, 7) is 4.05. The molecule has 0 aromatic rings. The topological polar surface area (TPSA) is 0 Å². The van der Waals surface area contributed by atoms with E-state index < -0.39 is 0 Å². The second-order valence-electron chi connectivity index (χ2n) is 2.20. The van der Waals surface area contributed by atoms with Crippen LogP contribution in [0.15, 0.2) is 0 Å². The Bertz CT molecular complexity index is 130. The van der Waals surface area contributed by atoms with E-state index in [9.17, 15) is 0 Å². The van der Waals surface area contributed by atoms with Crippen LogP contribution < -0.4 is 0 Å². The van der Waals surface area contributed by atoms with Gasteiger partial charge < -0.3 is 0 Å². The van der Waals surface area contributed by atoms with Crippen LogP contribution in [0.4, 0.5) is 0 Å². The molecule has 0 radical (unpaired) electrons. The highest BCUT2D eigenvalue weighted by atomic mass is 35.5. The number of rotatable bonds is 2. The maximum absolute atomic E-state index is 5.55. The monoisotopic (exact) mass is 178 g/mol. The first-order valence-corrected chi connectivity index (χ1v) is 4.30. The first kappa shape index (κ1) is 10.1. The number of alkyl halides is 2. The first-order valence-electron chi connectivity index (χ1n) is 3.43. The van der Waals surface area contributed by atoms with Crippen LogP contribution in [0.3, 0.4) is 0 Å². The van der Waals surface area contributed by atoms with Crippen LogP contribution in [0, 0.1) is 17.8 Å². The molecule has 1 unspecified atom stereocenters. The van der Waals surface area contributed by atoms with Crippen LogP contribution in [0.5, 0.6) is 0 Å². The van der Waals surface area contributed by atoms with Gasteiger partial charge in [0.15, 0.2) is 0 Å². The van der Waals surface area contributed by atoms with Crippen molar-refractivity contribution in [2.75, 3.05) is 0 Å². The largest absolute Gasteiger partial charge is 0.109 e. The summed E-state index contributed by atoms with van der Waals surface area (Å²) in [6, 6.07) is 0. The summed E-state index contributed by atoms with van der Waals surface area (Å²) in [5.41, 5.74) is 0. The predicted octanol–water partition coefficient (Wildman–Crippen LogP) is 3.23. The third-order valence-electron chi connectivity index (χ3n) is 1.06. The summed E-state index contributed by atoms with van der Waals surface area (Å²) < 4.78 is 0. The molecule has 0 aromatic heterocycles.